The molecule has 5 nitrogen and oxygen atoms in total. The number of nitrogens with zero attached hydrogens (tertiary/aromatic N) is 3. The molecule has 1 aromatic heterocycles. The van der Waals surface area contributed by atoms with Crippen LogP contribution in [-0.2, 0) is 12.0 Å². The summed E-state index contributed by atoms with van der Waals surface area (Å²) in [5.41, 5.74) is 1.68. The molecule has 20 heavy (non-hydrogen) atoms. The summed E-state index contributed by atoms with van der Waals surface area (Å²) in [6.07, 6.45) is 3.57. The normalized spacial score (nSPS) is 19.4. The lowest BCUT2D eigenvalue weighted by Crippen LogP contribution is -2.38. The van der Waals surface area contributed by atoms with Crippen molar-refractivity contribution in [3.63, 3.8) is 0 Å². The molecule has 0 spiro atoms. The first-order valence-corrected chi connectivity index (χ1v) is 7.41. The molecule has 0 aliphatic carbocycles. The Morgan fingerprint density at radius 2 is 2.25 bits per heavy atom. The van der Waals surface area contributed by atoms with Crippen molar-refractivity contribution in [1.29, 1.82) is 0 Å². The van der Waals surface area contributed by atoms with Gasteiger partial charge in [-0.2, -0.15) is 5.10 Å². The zero-order chi connectivity index (χ0) is 14.9. The summed E-state index contributed by atoms with van der Waals surface area (Å²) >= 11 is 0. The molecular formula is C15H26N4O. The lowest BCUT2D eigenvalue weighted by atomic mass is 10.1. The molecule has 0 bridgehead atoms. The van der Waals surface area contributed by atoms with Crippen molar-refractivity contribution in [1.82, 2.24) is 20.0 Å². The molecule has 2 rings (SSSR count). The first kappa shape index (κ1) is 15.0. The topological polar surface area (TPSA) is 50.2 Å². The Kier molecular flexibility index (Phi) is 4.18. The lowest BCUT2D eigenvalue weighted by molar-refractivity contribution is 0.0742. The highest BCUT2D eigenvalue weighted by Gasteiger charge is 2.28. The number of carbonyl (C=O) groups excluding carboxylic acids is 1. The fraction of sp³-hybridized carbons (Fsp3) is 0.733. The van der Waals surface area contributed by atoms with E-state index < -0.39 is 0 Å². The van der Waals surface area contributed by atoms with Crippen LogP contribution in [0.3, 0.4) is 0 Å². The summed E-state index contributed by atoms with van der Waals surface area (Å²) < 4.78 is 1.97. The first-order valence-electron chi connectivity index (χ1n) is 7.41. The van der Waals surface area contributed by atoms with Gasteiger partial charge in [-0.3, -0.25) is 9.48 Å². The average Bonchev–Trinajstić information content (AvgIpc) is 3.04. The van der Waals surface area contributed by atoms with Gasteiger partial charge >= 0.3 is 0 Å². The molecule has 1 unspecified atom stereocenters. The summed E-state index contributed by atoms with van der Waals surface area (Å²) in [5.74, 6) is 0.0889. The van der Waals surface area contributed by atoms with Gasteiger partial charge in [-0.15, -0.1) is 0 Å². The van der Waals surface area contributed by atoms with Crippen LogP contribution in [-0.4, -0.2) is 46.8 Å². The third kappa shape index (κ3) is 2.73. The van der Waals surface area contributed by atoms with E-state index in [0.29, 0.717) is 6.04 Å². The highest BCUT2D eigenvalue weighted by Crippen LogP contribution is 2.21. The molecular weight excluding hydrogens is 252 g/mol. The zero-order valence-corrected chi connectivity index (χ0v) is 13.2. The molecule has 2 heterocycles. The van der Waals surface area contributed by atoms with E-state index in [1.54, 1.807) is 6.20 Å². The molecule has 1 saturated heterocycles. The van der Waals surface area contributed by atoms with Crippen molar-refractivity contribution in [3.05, 3.63) is 17.5 Å². The highest BCUT2D eigenvalue weighted by atomic mass is 16.2. The van der Waals surface area contributed by atoms with Crippen LogP contribution in [0.1, 0.15) is 50.2 Å². The third-order valence-electron chi connectivity index (χ3n) is 3.97. The maximum Gasteiger partial charge on any atom is 0.257 e. The lowest BCUT2D eigenvalue weighted by Gasteiger charge is -2.25. The van der Waals surface area contributed by atoms with Crippen molar-refractivity contribution in [2.45, 2.75) is 52.1 Å². The number of nitrogens with one attached hydrogen (secondary N) is 1. The van der Waals surface area contributed by atoms with Crippen LogP contribution >= 0.6 is 0 Å². The second-order valence-corrected chi connectivity index (χ2v) is 6.50. The molecule has 1 aliphatic rings. The van der Waals surface area contributed by atoms with Gasteiger partial charge in [-0.05, 0) is 40.2 Å². The molecule has 1 amide bonds. The van der Waals surface area contributed by atoms with E-state index in [1.807, 2.05) is 16.6 Å². The monoisotopic (exact) mass is 278 g/mol. The second kappa shape index (κ2) is 5.56. The van der Waals surface area contributed by atoms with Crippen LogP contribution in [0.5, 0.6) is 0 Å². The quantitative estimate of drug-likeness (QED) is 0.914. The SMILES string of the molecule is CCc1c(C(=O)N(C)C2CCNC2)cnn1C(C)(C)C. The molecule has 1 fully saturated rings. The van der Waals surface area contributed by atoms with Crippen LogP contribution in [0, 0.1) is 0 Å². The van der Waals surface area contributed by atoms with E-state index in [9.17, 15) is 4.79 Å². The fourth-order valence-electron chi connectivity index (χ4n) is 2.80. The maximum absolute atomic E-state index is 12.7. The van der Waals surface area contributed by atoms with Crippen LogP contribution in [0.2, 0.25) is 0 Å². The number of carbonyl (C=O) groups is 1. The molecule has 1 atom stereocenters. The van der Waals surface area contributed by atoms with E-state index in [4.69, 9.17) is 0 Å². The second-order valence-electron chi connectivity index (χ2n) is 6.50. The van der Waals surface area contributed by atoms with Gasteiger partial charge in [0.25, 0.3) is 5.91 Å². The van der Waals surface area contributed by atoms with Crippen molar-refractivity contribution in [2.24, 2.45) is 0 Å². The molecule has 1 N–H and O–H groups in total. The smallest absolute Gasteiger partial charge is 0.257 e. The molecule has 1 aliphatic heterocycles. The number of likely N-dealkylation sites (N-methyl/N-ethyl adjacent to an activating group) is 1. The number of aromatic nitrogens is 2. The van der Waals surface area contributed by atoms with Crippen LogP contribution in [0.15, 0.2) is 6.20 Å². The van der Waals surface area contributed by atoms with Gasteiger partial charge in [0.15, 0.2) is 0 Å². The minimum Gasteiger partial charge on any atom is -0.337 e. The summed E-state index contributed by atoms with van der Waals surface area (Å²) in [6.45, 7) is 10.3. The van der Waals surface area contributed by atoms with Gasteiger partial charge in [0, 0.05) is 19.6 Å². The van der Waals surface area contributed by atoms with E-state index >= 15 is 0 Å². The summed E-state index contributed by atoms with van der Waals surface area (Å²) in [7, 11) is 1.90. The van der Waals surface area contributed by atoms with E-state index in [1.165, 1.54) is 0 Å². The number of hydrogen-bond acceptors (Lipinski definition) is 3. The predicted octanol–water partition coefficient (Wildman–Crippen LogP) is 1.63. The molecule has 0 radical (unpaired) electrons. The number of rotatable bonds is 3. The maximum atomic E-state index is 12.7. The molecule has 5 heteroatoms. The molecule has 1 aromatic rings. The van der Waals surface area contributed by atoms with Crippen molar-refractivity contribution < 1.29 is 4.79 Å². The zero-order valence-electron chi connectivity index (χ0n) is 13.2. The average molecular weight is 278 g/mol. The minimum atomic E-state index is -0.0998. The Hall–Kier alpha value is -1.36. The fourth-order valence-corrected chi connectivity index (χ4v) is 2.80. The summed E-state index contributed by atoms with van der Waals surface area (Å²) in [4.78, 5) is 14.6. The van der Waals surface area contributed by atoms with Crippen LogP contribution in [0.25, 0.3) is 0 Å². The predicted molar refractivity (Wildman–Crippen MR) is 80.0 cm³/mol. The van der Waals surface area contributed by atoms with E-state index in [2.05, 4.69) is 38.1 Å². The van der Waals surface area contributed by atoms with Crippen molar-refractivity contribution in [3.8, 4) is 0 Å². The Bertz CT molecular complexity index is 481. The van der Waals surface area contributed by atoms with Gasteiger partial charge in [0.1, 0.15) is 0 Å². The van der Waals surface area contributed by atoms with Gasteiger partial charge in [0.2, 0.25) is 0 Å². The largest absolute Gasteiger partial charge is 0.337 e. The molecule has 0 aromatic carbocycles. The van der Waals surface area contributed by atoms with Gasteiger partial charge in [-0.1, -0.05) is 6.92 Å². The van der Waals surface area contributed by atoms with Crippen LogP contribution in [0.4, 0.5) is 0 Å². The Balaban J connectivity index is 2.28. The van der Waals surface area contributed by atoms with E-state index in [0.717, 1.165) is 37.2 Å². The standard InChI is InChI=1S/C15H26N4O/c1-6-13-12(10-17-19(13)15(2,3)4)14(20)18(5)11-7-8-16-9-11/h10-11,16H,6-9H2,1-5H3. The van der Waals surface area contributed by atoms with Gasteiger partial charge in [-0.25, -0.2) is 0 Å². The number of hydrogen-bond donors (Lipinski definition) is 1. The Labute approximate surface area is 121 Å². The minimum absolute atomic E-state index is 0.0889. The first-order chi connectivity index (χ1) is 9.36. The van der Waals surface area contributed by atoms with Crippen LogP contribution < -0.4 is 5.32 Å². The van der Waals surface area contributed by atoms with Crippen molar-refractivity contribution >= 4 is 5.91 Å². The third-order valence-corrected chi connectivity index (χ3v) is 3.97. The van der Waals surface area contributed by atoms with Gasteiger partial charge < -0.3 is 10.2 Å². The molecule has 0 saturated carbocycles. The molecule has 112 valence electrons. The highest BCUT2D eigenvalue weighted by molar-refractivity contribution is 5.95. The Morgan fingerprint density at radius 1 is 1.55 bits per heavy atom. The summed E-state index contributed by atoms with van der Waals surface area (Å²) in [6, 6.07) is 0.296. The van der Waals surface area contributed by atoms with Gasteiger partial charge in [0.05, 0.1) is 23.0 Å². The Morgan fingerprint density at radius 3 is 2.75 bits per heavy atom. The van der Waals surface area contributed by atoms with E-state index in [-0.39, 0.29) is 11.4 Å². The number of amides is 1. The summed E-state index contributed by atoms with van der Waals surface area (Å²) in [5, 5.41) is 7.74. The van der Waals surface area contributed by atoms with Crippen molar-refractivity contribution in [2.75, 3.05) is 20.1 Å².